The minimum absolute atomic E-state index is 0.110. The predicted molar refractivity (Wildman–Crippen MR) is 93.3 cm³/mol. The number of hydrogen-bond acceptors (Lipinski definition) is 6. The van der Waals surface area contributed by atoms with Crippen molar-refractivity contribution >= 4 is 23.0 Å². The van der Waals surface area contributed by atoms with Crippen LogP contribution in [-0.2, 0) is 0 Å². The lowest BCUT2D eigenvalue weighted by Crippen LogP contribution is -2.23. The van der Waals surface area contributed by atoms with Crippen molar-refractivity contribution in [2.24, 2.45) is 0 Å². The number of anilines is 2. The average Bonchev–Trinajstić information content (AvgIpc) is 3.16. The molecule has 0 spiro atoms. The Hall–Kier alpha value is -3.16. The molecule has 0 radical (unpaired) electrons. The topological polar surface area (TPSA) is 97.6 Å². The fourth-order valence-corrected chi connectivity index (χ4v) is 2.83. The molecule has 1 aromatic heterocycles. The first kappa shape index (κ1) is 16.7. The Labute approximate surface area is 144 Å². The molecule has 0 saturated carbocycles. The molecule has 2 aromatic rings. The van der Waals surface area contributed by atoms with Gasteiger partial charge in [-0.3, -0.25) is 14.9 Å². The quantitative estimate of drug-likeness (QED) is 0.663. The van der Waals surface area contributed by atoms with Gasteiger partial charge in [-0.15, -0.1) is 0 Å². The van der Waals surface area contributed by atoms with Crippen LogP contribution in [0.4, 0.5) is 17.1 Å². The summed E-state index contributed by atoms with van der Waals surface area (Å²) < 4.78 is 4.98. The lowest BCUT2D eigenvalue weighted by Gasteiger charge is -2.20. The number of nitrogens with zero attached hydrogens (tertiary/aromatic N) is 3. The van der Waals surface area contributed by atoms with Crippen molar-refractivity contribution in [3.05, 3.63) is 52.2 Å². The van der Waals surface area contributed by atoms with E-state index in [2.05, 4.69) is 15.2 Å². The van der Waals surface area contributed by atoms with Crippen molar-refractivity contribution in [1.29, 1.82) is 0 Å². The van der Waals surface area contributed by atoms with Crippen molar-refractivity contribution in [1.82, 2.24) is 4.98 Å². The number of hydrogen-bond donors (Lipinski definition) is 1. The Morgan fingerprint density at radius 3 is 2.64 bits per heavy atom. The number of pyridine rings is 1. The summed E-state index contributed by atoms with van der Waals surface area (Å²) in [6, 6.07) is 7.69. The molecule has 2 heterocycles. The third-order valence-corrected chi connectivity index (χ3v) is 4.09. The van der Waals surface area contributed by atoms with Gasteiger partial charge in [0.15, 0.2) is 0 Å². The van der Waals surface area contributed by atoms with Crippen LogP contribution in [0.5, 0.6) is 5.88 Å². The van der Waals surface area contributed by atoms with E-state index in [9.17, 15) is 14.9 Å². The highest BCUT2D eigenvalue weighted by Gasteiger charge is 2.22. The van der Waals surface area contributed by atoms with E-state index >= 15 is 0 Å². The van der Waals surface area contributed by atoms with Crippen LogP contribution in [0.1, 0.15) is 23.2 Å². The summed E-state index contributed by atoms with van der Waals surface area (Å²) in [5, 5.41) is 13.8. The second-order valence-corrected chi connectivity index (χ2v) is 5.70. The highest BCUT2D eigenvalue weighted by atomic mass is 16.6. The first-order chi connectivity index (χ1) is 12.1. The summed E-state index contributed by atoms with van der Waals surface area (Å²) in [5.41, 5.74) is 1.37. The summed E-state index contributed by atoms with van der Waals surface area (Å²) in [7, 11) is 1.51. The van der Waals surface area contributed by atoms with E-state index in [1.54, 1.807) is 18.2 Å². The highest BCUT2D eigenvalue weighted by molar-refractivity contribution is 6.08. The zero-order valence-corrected chi connectivity index (χ0v) is 13.8. The van der Waals surface area contributed by atoms with Crippen LogP contribution in [0, 0.1) is 10.1 Å². The molecule has 130 valence electrons. The number of non-ortho nitro benzene ring substituents is 1. The maximum absolute atomic E-state index is 12.7. The zero-order chi connectivity index (χ0) is 17.8. The van der Waals surface area contributed by atoms with Gasteiger partial charge in [0.1, 0.15) is 0 Å². The summed E-state index contributed by atoms with van der Waals surface area (Å²) in [5.74, 6) is 0.0312. The molecule has 1 fully saturated rings. The molecule has 1 amide bonds. The van der Waals surface area contributed by atoms with Crippen LogP contribution < -0.4 is 15.0 Å². The minimum atomic E-state index is -0.501. The average molecular weight is 342 g/mol. The Morgan fingerprint density at radius 1 is 1.28 bits per heavy atom. The van der Waals surface area contributed by atoms with Gasteiger partial charge in [0.25, 0.3) is 11.6 Å². The number of benzene rings is 1. The van der Waals surface area contributed by atoms with E-state index in [1.807, 2.05) is 0 Å². The number of carbonyl (C=O) groups is 1. The third-order valence-electron chi connectivity index (χ3n) is 4.09. The number of amides is 1. The minimum Gasteiger partial charge on any atom is -0.481 e. The zero-order valence-electron chi connectivity index (χ0n) is 13.8. The molecule has 8 heteroatoms. The Kier molecular flexibility index (Phi) is 4.78. The SMILES string of the molecule is COc1ccc(NC(=O)c2cc([N+](=O)[O-])ccc2N2CCCC2)cn1. The predicted octanol–water partition coefficient (Wildman–Crippen LogP) is 2.85. The largest absolute Gasteiger partial charge is 0.481 e. The number of aromatic nitrogens is 1. The monoisotopic (exact) mass is 342 g/mol. The molecule has 1 aromatic carbocycles. The molecule has 0 aliphatic carbocycles. The lowest BCUT2D eigenvalue weighted by molar-refractivity contribution is -0.384. The molecule has 0 bridgehead atoms. The van der Waals surface area contributed by atoms with Crippen molar-refractivity contribution in [2.75, 3.05) is 30.4 Å². The number of nitro benzene ring substituents is 1. The van der Waals surface area contributed by atoms with E-state index in [0.717, 1.165) is 25.9 Å². The van der Waals surface area contributed by atoms with Gasteiger partial charge in [0.2, 0.25) is 5.88 Å². The third kappa shape index (κ3) is 3.68. The number of carbonyl (C=O) groups excluding carboxylic acids is 1. The van der Waals surface area contributed by atoms with Gasteiger partial charge in [-0.1, -0.05) is 0 Å². The number of nitro groups is 1. The van der Waals surface area contributed by atoms with Crippen LogP contribution in [0.15, 0.2) is 36.5 Å². The second-order valence-electron chi connectivity index (χ2n) is 5.70. The fraction of sp³-hybridized carbons (Fsp3) is 0.294. The Balaban J connectivity index is 1.90. The van der Waals surface area contributed by atoms with Crippen LogP contribution in [0.3, 0.4) is 0 Å². The number of nitrogens with one attached hydrogen (secondary N) is 1. The van der Waals surface area contributed by atoms with Crippen molar-refractivity contribution in [2.45, 2.75) is 12.8 Å². The van der Waals surface area contributed by atoms with Crippen molar-refractivity contribution in [3.8, 4) is 5.88 Å². The molecular formula is C17H18N4O4. The van der Waals surface area contributed by atoms with Crippen LogP contribution in [0.2, 0.25) is 0 Å². The van der Waals surface area contributed by atoms with Gasteiger partial charge in [0, 0.05) is 31.3 Å². The maximum Gasteiger partial charge on any atom is 0.270 e. The van der Waals surface area contributed by atoms with Gasteiger partial charge in [0.05, 0.1) is 35.2 Å². The molecule has 1 saturated heterocycles. The molecule has 0 atom stereocenters. The van der Waals surface area contributed by atoms with Crippen molar-refractivity contribution < 1.29 is 14.5 Å². The number of rotatable bonds is 5. The summed E-state index contributed by atoms with van der Waals surface area (Å²) in [6.45, 7) is 1.67. The summed E-state index contributed by atoms with van der Waals surface area (Å²) in [4.78, 5) is 29.4. The number of methoxy groups -OCH3 is 1. The van der Waals surface area contributed by atoms with Gasteiger partial charge in [-0.25, -0.2) is 4.98 Å². The van der Waals surface area contributed by atoms with Gasteiger partial charge >= 0.3 is 0 Å². The Morgan fingerprint density at radius 2 is 2.04 bits per heavy atom. The van der Waals surface area contributed by atoms with E-state index in [4.69, 9.17) is 4.74 Å². The van der Waals surface area contributed by atoms with E-state index in [1.165, 1.54) is 25.4 Å². The smallest absolute Gasteiger partial charge is 0.270 e. The number of ether oxygens (including phenoxy) is 1. The molecule has 1 aliphatic rings. The van der Waals surface area contributed by atoms with E-state index in [0.29, 0.717) is 17.3 Å². The normalized spacial score (nSPS) is 13.6. The van der Waals surface area contributed by atoms with Crippen LogP contribution in [-0.4, -0.2) is 36.0 Å². The van der Waals surface area contributed by atoms with Gasteiger partial charge in [-0.2, -0.15) is 0 Å². The molecule has 3 rings (SSSR count). The summed E-state index contributed by atoms with van der Waals surface area (Å²) in [6.07, 6.45) is 3.56. The molecule has 1 aliphatic heterocycles. The van der Waals surface area contributed by atoms with Crippen LogP contribution >= 0.6 is 0 Å². The molecule has 25 heavy (non-hydrogen) atoms. The fourth-order valence-electron chi connectivity index (χ4n) is 2.83. The first-order valence-corrected chi connectivity index (χ1v) is 7.93. The summed E-state index contributed by atoms with van der Waals surface area (Å²) >= 11 is 0. The van der Waals surface area contributed by atoms with Crippen LogP contribution in [0.25, 0.3) is 0 Å². The molecule has 0 unspecified atom stereocenters. The standard InChI is InChI=1S/C17H18N4O4/c1-25-16-7-4-12(11-18-16)19-17(22)14-10-13(21(23)24)5-6-15(14)20-8-2-3-9-20/h4-7,10-11H,2-3,8-9H2,1H3,(H,19,22). The van der Waals surface area contributed by atoms with Gasteiger partial charge in [-0.05, 0) is 25.0 Å². The Bertz CT molecular complexity index is 786. The molecule has 8 nitrogen and oxygen atoms in total. The van der Waals surface area contributed by atoms with Gasteiger partial charge < -0.3 is 15.0 Å². The second kappa shape index (κ2) is 7.16. The van der Waals surface area contributed by atoms with E-state index in [-0.39, 0.29) is 11.3 Å². The first-order valence-electron chi connectivity index (χ1n) is 7.93. The maximum atomic E-state index is 12.7. The highest BCUT2D eigenvalue weighted by Crippen LogP contribution is 2.29. The molecular weight excluding hydrogens is 324 g/mol. The molecule has 1 N–H and O–H groups in total. The lowest BCUT2D eigenvalue weighted by atomic mass is 10.1. The van der Waals surface area contributed by atoms with Crippen molar-refractivity contribution in [3.63, 3.8) is 0 Å². The van der Waals surface area contributed by atoms with E-state index < -0.39 is 10.8 Å².